The number of hydrogen-bond acceptors (Lipinski definition) is 6. The Kier molecular flexibility index (Phi) is 5.43. The number of carbonyl (C=O) groups excluding carboxylic acids is 1. The van der Waals surface area contributed by atoms with Gasteiger partial charge in [-0.25, -0.2) is 9.97 Å². The Hall–Kier alpha value is -2.28. The zero-order valence-corrected chi connectivity index (χ0v) is 15.4. The summed E-state index contributed by atoms with van der Waals surface area (Å²) >= 11 is 1.39. The van der Waals surface area contributed by atoms with E-state index in [-0.39, 0.29) is 5.91 Å². The van der Waals surface area contributed by atoms with Crippen molar-refractivity contribution in [3.05, 3.63) is 41.6 Å². The maximum atomic E-state index is 12.0. The van der Waals surface area contributed by atoms with Crippen LogP contribution in [0.2, 0.25) is 0 Å². The van der Waals surface area contributed by atoms with Gasteiger partial charge in [0.2, 0.25) is 5.89 Å². The second kappa shape index (κ2) is 7.74. The lowest BCUT2D eigenvalue weighted by Gasteiger charge is -2.04. The second-order valence-corrected chi connectivity index (χ2v) is 7.18. The molecule has 0 spiro atoms. The molecule has 6 nitrogen and oxygen atoms in total. The van der Waals surface area contributed by atoms with Crippen LogP contribution in [-0.2, 0) is 5.75 Å². The highest BCUT2D eigenvalue weighted by molar-refractivity contribution is 7.98. The van der Waals surface area contributed by atoms with Crippen LogP contribution >= 0.6 is 11.8 Å². The molecule has 0 saturated carbocycles. The van der Waals surface area contributed by atoms with E-state index >= 15 is 0 Å². The Morgan fingerprint density at radius 2 is 2.16 bits per heavy atom. The Bertz CT molecular complexity index is 869. The van der Waals surface area contributed by atoms with Crippen LogP contribution in [-0.4, -0.2) is 22.4 Å². The maximum absolute atomic E-state index is 12.0. The van der Waals surface area contributed by atoms with E-state index in [0.717, 1.165) is 23.1 Å². The molecule has 0 aliphatic rings. The van der Waals surface area contributed by atoms with Gasteiger partial charge in [0.25, 0.3) is 11.1 Å². The van der Waals surface area contributed by atoms with Gasteiger partial charge in [-0.1, -0.05) is 37.7 Å². The molecule has 1 N–H and O–H groups in total. The van der Waals surface area contributed by atoms with E-state index in [4.69, 9.17) is 8.83 Å². The van der Waals surface area contributed by atoms with E-state index in [9.17, 15) is 4.79 Å². The molecule has 0 aliphatic carbocycles. The molecule has 1 amide bonds. The van der Waals surface area contributed by atoms with Crippen molar-refractivity contribution in [2.45, 2.75) is 38.2 Å². The zero-order chi connectivity index (χ0) is 17.8. The van der Waals surface area contributed by atoms with E-state index in [1.54, 1.807) is 0 Å². The molecule has 132 valence electrons. The molecule has 0 atom stereocenters. The normalized spacial score (nSPS) is 11.4. The SMILES string of the molecule is Cc1cccc2oc(SCc3nc(C(=O)NCCC(C)C)co3)nc12. The number of carbonyl (C=O) groups is 1. The molecule has 3 aromatic rings. The number of para-hydroxylation sites is 1. The van der Waals surface area contributed by atoms with Gasteiger partial charge >= 0.3 is 0 Å². The lowest BCUT2D eigenvalue weighted by atomic mass is 10.1. The first-order chi connectivity index (χ1) is 12.0. The average Bonchev–Trinajstić information content (AvgIpc) is 3.20. The fourth-order valence-corrected chi connectivity index (χ4v) is 2.98. The summed E-state index contributed by atoms with van der Waals surface area (Å²) in [4.78, 5) is 20.7. The van der Waals surface area contributed by atoms with E-state index in [0.29, 0.717) is 35.0 Å². The zero-order valence-electron chi connectivity index (χ0n) is 14.5. The number of fused-ring (bicyclic) bond motifs is 1. The number of nitrogens with zero attached hydrogens (tertiary/aromatic N) is 2. The van der Waals surface area contributed by atoms with Crippen LogP contribution < -0.4 is 5.32 Å². The Morgan fingerprint density at radius 1 is 1.32 bits per heavy atom. The first-order valence-electron chi connectivity index (χ1n) is 8.24. The number of hydrogen-bond donors (Lipinski definition) is 1. The third-order valence-electron chi connectivity index (χ3n) is 3.71. The summed E-state index contributed by atoms with van der Waals surface area (Å²) in [6, 6.07) is 5.83. The standard InChI is InChI=1S/C18H21N3O3S/c1-11(2)7-8-19-17(22)13-9-23-15(20-13)10-25-18-21-16-12(3)5-4-6-14(16)24-18/h4-6,9,11H,7-8,10H2,1-3H3,(H,19,22). The highest BCUT2D eigenvalue weighted by Crippen LogP contribution is 2.27. The monoisotopic (exact) mass is 359 g/mol. The van der Waals surface area contributed by atoms with Crippen LogP contribution in [0.3, 0.4) is 0 Å². The third-order valence-corrected chi connectivity index (χ3v) is 4.52. The Labute approximate surface area is 150 Å². The van der Waals surface area contributed by atoms with Crippen molar-refractivity contribution in [3.8, 4) is 0 Å². The van der Waals surface area contributed by atoms with Crippen LogP contribution in [0.5, 0.6) is 0 Å². The van der Waals surface area contributed by atoms with Crippen molar-refractivity contribution in [2.75, 3.05) is 6.54 Å². The van der Waals surface area contributed by atoms with Crippen molar-refractivity contribution in [1.82, 2.24) is 15.3 Å². The number of aryl methyl sites for hydroxylation is 1. The summed E-state index contributed by atoms with van der Waals surface area (Å²) in [5, 5.41) is 3.40. The minimum absolute atomic E-state index is 0.210. The predicted octanol–water partition coefficient (Wildman–Crippen LogP) is 4.19. The van der Waals surface area contributed by atoms with Gasteiger partial charge in [0, 0.05) is 6.54 Å². The van der Waals surface area contributed by atoms with Gasteiger partial charge in [0.05, 0.1) is 5.75 Å². The highest BCUT2D eigenvalue weighted by atomic mass is 32.2. The molecule has 1 aromatic carbocycles. The summed E-state index contributed by atoms with van der Waals surface area (Å²) in [5.41, 5.74) is 3.00. The molecule has 0 fully saturated rings. The number of rotatable bonds is 7. The lowest BCUT2D eigenvalue weighted by molar-refractivity contribution is 0.0947. The number of benzene rings is 1. The van der Waals surface area contributed by atoms with Crippen LogP contribution in [0.1, 0.15) is 42.2 Å². The summed E-state index contributed by atoms with van der Waals surface area (Å²) in [5.74, 6) is 1.26. The molecule has 0 saturated heterocycles. The fourth-order valence-electron chi connectivity index (χ4n) is 2.30. The minimum Gasteiger partial charge on any atom is -0.447 e. The van der Waals surface area contributed by atoms with E-state index in [1.165, 1.54) is 18.0 Å². The molecule has 0 bridgehead atoms. The van der Waals surface area contributed by atoms with Crippen molar-refractivity contribution in [3.63, 3.8) is 0 Å². The summed E-state index contributed by atoms with van der Waals surface area (Å²) in [6.07, 6.45) is 2.32. The minimum atomic E-state index is -0.210. The molecule has 7 heteroatoms. The van der Waals surface area contributed by atoms with E-state index in [1.807, 2.05) is 25.1 Å². The lowest BCUT2D eigenvalue weighted by Crippen LogP contribution is -2.25. The van der Waals surface area contributed by atoms with Crippen molar-refractivity contribution < 1.29 is 13.6 Å². The summed E-state index contributed by atoms with van der Waals surface area (Å²) < 4.78 is 11.1. The molecule has 2 aromatic heterocycles. The third kappa shape index (κ3) is 4.42. The highest BCUT2D eigenvalue weighted by Gasteiger charge is 2.14. The Balaban J connectivity index is 1.57. The van der Waals surface area contributed by atoms with Gasteiger partial charge in [-0.15, -0.1) is 0 Å². The number of thioether (sulfide) groups is 1. The molecular formula is C18H21N3O3S. The first-order valence-corrected chi connectivity index (χ1v) is 9.23. The van der Waals surface area contributed by atoms with Crippen molar-refractivity contribution >= 4 is 28.8 Å². The van der Waals surface area contributed by atoms with Crippen LogP contribution in [0.15, 0.2) is 38.5 Å². The topological polar surface area (TPSA) is 81.2 Å². The van der Waals surface area contributed by atoms with Crippen LogP contribution in [0.4, 0.5) is 0 Å². The molecule has 25 heavy (non-hydrogen) atoms. The first kappa shape index (κ1) is 17.5. The quantitative estimate of drug-likeness (QED) is 0.637. The average molecular weight is 359 g/mol. The molecule has 3 rings (SSSR count). The second-order valence-electron chi connectivity index (χ2n) is 6.26. The Morgan fingerprint density at radius 3 is 2.92 bits per heavy atom. The van der Waals surface area contributed by atoms with Crippen LogP contribution in [0, 0.1) is 12.8 Å². The van der Waals surface area contributed by atoms with E-state index < -0.39 is 0 Å². The largest absolute Gasteiger partial charge is 0.447 e. The van der Waals surface area contributed by atoms with Gasteiger partial charge in [-0.05, 0) is 30.9 Å². The van der Waals surface area contributed by atoms with Gasteiger partial charge in [0.1, 0.15) is 11.8 Å². The van der Waals surface area contributed by atoms with Gasteiger partial charge in [0.15, 0.2) is 11.3 Å². The number of oxazole rings is 2. The van der Waals surface area contributed by atoms with E-state index in [2.05, 4.69) is 29.1 Å². The molecule has 0 radical (unpaired) electrons. The van der Waals surface area contributed by atoms with Gasteiger partial charge in [-0.2, -0.15) is 0 Å². The summed E-state index contributed by atoms with van der Waals surface area (Å²) in [7, 11) is 0. The smallest absolute Gasteiger partial charge is 0.273 e. The van der Waals surface area contributed by atoms with Gasteiger partial charge in [-0.3, -0.25) is 4.79 Å². The van der Waals surface area contributed by atoms with Crippen molar-refractivity contribution in [2.24, 2.45) is 5.92 Å². The van der Waals surface area contributed by atoms with Crippen LogP contribution in [0.25, 0.3) is 11.1 Å². The number of aromatic nitrogens is 2. The molecular weight excluding hydrogens is 338 g/mol. The number of amides is 1. The predicted molar refractivity (Wildman–Crippen MR) is 96.6 cm³/mol. The van der Waals surface area contributed by atoms with Gasteiger partial charge < -0.3 is 14.2 Å². The number of nitrogens with one attached hydrogen (secondary N) is 1. The molecule has 0 aliphatic heterocycles. The molecule has 2 heterocycles. The fraction of sp³-hybridized carbons (Fsp3) is 0.389. The molecule has 0 unspecified atom stereocenters. The summed E-state index contributed by atoms with van der Waals surface area (Å²) in [6.45, 7) is 6.86. The maximum Gasteiger partial charge on any atom is 0.273 e. The van der Waals surface area contributed by atoms with Crippen molar-refractivity contribution in [1.29, 1.82) is 0 Å².